The molecule has 0 radical (unpaired) electrons. The number of ether oxygens (including phenoxy) is 2. The van der Waals surface area contributed by atoms with E-state index in [4.69, 9.17) is 9.47 Å². The van der Waals surface area contributed by atoms with E-state index >= 15 is 0 Å². The highest BCUT2D eigenvalue weighted by molar-refractivity contribution is 5.44. The molecule has 5 nitrogen and oxygen atoms in total. The maximum atomic E-state index is 5.74. The van der Waals surface area contributed by atoms with E-state index in [1.165, 1.54) is 5.56 Å². The molecule has 126 valence electrons. The van der Waals surface area contributed by atoms with Crippen LogP contribution in [0.3, 0.4) is 0 Å². The summed E-state index contributed by atoms with van der Waals surface area (Å²) < 4.78 is 13.2. The summed E-state index contributed by atoms with van der Waals surface area (Å²) in [5.41, 5.74) is 2.29. The molecule has 1 heterocycles. The average Bonchev–Trinajstić information content (AvgIpc) is 3.02. The van der Waals surface area contributed by atoms with Crippen molar-refractivity contribution in [3.05, 3.63) is 35.7 Å². The van der Waals surface area contributed by atoms with E-state index in [1.54, 1.807) is 0 Å². The molecule has 5 heteroatoms. The fraction of sp³-hybridized carbons (Fsp3) is 0.556. The van der Waals surface area contributed by atoms with Gasteiger partial charge in [0.25, 0.3) is 0 Å². The van der Waals surface area contributed by atoms with E-state index in [0.717, 1.165) is 36.6 Å². The molecule has 23 heavy (non-hydrogen) atoms. The number of aryl methyl sites for hydroxylation is 1. The number of hydrogen-bond donors (Lipinski definition) is 0. The van der Waals surface area contributed by atoms with Gasteiger partial charge in [0.05, 0.1) is 18.9 Å². The van der Waals surface area contributed by atoms with Crippen molar-refractivity contribution in [1.82, 2.24) is 15.0 Å². The van der Waals surface area contributed by atoms with E-state index in [-0.39, 0.29) is 0 Å². The fourth-order valence-electron chi connectivity index (χ4n) is 2.66. The Hall–Kier alpha value is -2.04. The van der Waals surface area contributed by atoms with Gasteiger partial charge in [-0.3, -0.25) is 4.68 Å². The first-order chi connectivity index (χ1) is 11.2. The van der Waals surface area contributed by atoms with Crippen molar-refractivity contribution in [2.75, 3.05) is 13.2 Å². The zero-order valence-corrected chi connectivity index (χ0v) is 14.6. The molecule has 0 aliphatic rings. The van der Waals surface area contributed by atoms with Crippen LogP contribution in [-0.4, -0.2) is 28.2 Å². The topological polar surface area (TPSA) is 49.2 Å². The Morgan fingerprint density at radius 1 is 1.04 bits per heavy atom. The summed E-state index contributed by atoms with van der Waals surface area (Å²) in [5, 5.41) is 8.39. The maximum absolute atomic E-state index is 5.74. The highest BCUT2D eigenvalue weighted by atomic mass is 16.5. The van der Waals surface area contributed by atoms with Gasteiger partial charge < -0.3 is 9.47 Å². The molecule has 0 N–H and O–H groups in total. The van der Waals surface area contributed by atoms with Crippen LogP contribution in [0.25, 0.3) is 0 Å². The van der Waals surface area contributed by atoms with E-state index in [9.17, 15) is 0 Å². The molecule has 1 aromatic carbocycles. The lowest BCUT2D eigenvalue weighted by Gasteiger charge is -2.17. The Kier molecular flexibility index (Phi) is 6.44. The Morgan fingerprint density at radius 3 is 2.39 bits per heavy atom. The predicted octanol–water partition coefficient (Wildman–Crippen LogP) is 3.83. The van der Waals surface area contributed by atoms with Crippen LogP contribution in [0.15, 0.2) is 24.4 Å². The second-order valence-corrected chi connectivity index (χ2v) is 5.45. The Bertz CT molecular complexity index is 610. The van der Waals surface area contributed by atoms with Gasteiger partial charge in [0.1, 0.15) is 0 Å². The molecule has 2 aromatic rings. The lowest BCUT2D eigenvalue weighted by atomic mass is 9.92. The van der Waals surface area contributed by atoms with E-state index < -0.39 is 0 Å². The number of nitrogens with zero attached hydrogens (tertiary/aromatic N) is 3. The zero-order chi connectivity index (χ0) is 16.7. The van der Waals surface area contributed by atoms with E-state index in [1.807, 2.05) is 30.8 Å². The van der Waals surface area contributed by atoms with Crippen LogP contribution >= 0.6 is 0 Å². The van der Waals surface area contributed by atoms with Gasteiger partial charge in [0.15, 0.2) is 11.5 Å². The van der Waals surface area contributed by atoms with Crippen LogP contribution in [0.5, 0.6) is 11.5 Å². The Labute approximate surface area is 138 Å². The lowest BCUT2D eigenvalue weighted by Crippen LogP contribution is -2.05. The van der Waals surface area contributed by atoms with Crippen molar-refractivity contribution in [3.8, 4) is 11.5 Å². The molecule has 1 aromatic heterocycles. The second kappa shape index (κ2) is 8.56. The number of aromatic nitrogens is 3. The van der Waals surface area contributed by atoms with Crippen molar-refractivity contribution >= 4 is 0 Å². The summed E-state index contributed by atoms with van der Waals surface area (Å²) in [6.45, 7) is 10.4. The van der Waals surface area contributed by atoms with Crippen LogP contribution in [0.2, 0.25) is 0 Å². The number of rotatable bonds is 9. The first kappa shape index (κ1) is 17.3. The summed E-state index contributed by atoms with van der Waals surface area (Å²) >= 11 is 0. The van der Waals surface area contributed by atoms with Gasteiger partial charge in [0, 0.05) is 12.7 Å². The first-order valence-corrected chi connectivity index (χ1v) is 8.50. The minimum atomic E-state index is 0.395. The Morgan fingerprint density at radius 2 is 1.78 bits per heavy atom. The fourth-order valence-corrected chi connectivity index (χ4v) is 2.66. The van der Waals surface area contributed by atoms with E-state index in [2.05, 4.69) is 36.3 Å². The van der Waals surface area contributed by atoms with Crippen molar-refractivity contribution in [3.63, 3.8) is 0 Å². The van der Waals surface area contributed by atoms with Crippen molar-refractivity contribution < 1.29 is 9.47 Å². The van der Waals surface area contributed by atoms with Gasteiger partial charge in [-0.05, 0) is 57.2 Å². The van der Waals surface area contributed by atoms with Crippen molar-refractivity contribution in [2.45, 2.75) is 53.0 Å². The molecule has 0 saturated heterocycles. The van der Waals surface area contributed by atoms with Gasteiger partial charge in [-0.2, -0.15) is 0 Å². The van der Waals surface area contributed by atoms with Crippen LogP contribution in [0, 0.1) is 0 Å². The molecule has 0 saturated carbocycles. The van der Waals surface area contributed by atoms with Gasteiger partial charge in [-0.15, -0.1) is 5.10 Å². The quantitative estimate of drug-likeness (QED) is 0.705. The summed E-state index contributed by atoms with van der Waals surface area (Å²) in [7, 11) is 0. The van der Waals surface area contributed by atoms with Crippen LogP contribution in [0.4, 0.5) is 0 Å². The van der Waals surface area contributed by atoms with E-state index in [0.29, 0.717) is 19.1 Å². The van der Waals surface area contributed by atoms with Crippen LogP contribution in [0.1, 0.15) is 51.3 Å². The zero-order valence-electron chi connectivity index (χ0n) is 14.6. The molecular formula is C18H27N3O2. The number of benzene rings is 1. The molecule has 1 unspecified atom stereocenters. The molecule has 2 rings (SSSR count). The highest BCUT2D eigenvalue weighted by Gasteiger charge is 2.15. The molecule has 0 spiro atoms. The third-order valence-electron chi connectivity index (χ3n) is 3.90. The monoisotopic (exact) mass is 317 g/mol. The molecule has 1 atom stereocenters. The molecule has 0 aliphatic heterocycles. The number of hydrogen-bond acceptors (Lipinski definition) is 4. The highest BCUT2D eigenvalue weighted by Crippen LogP contribution is 2.33. The van der Waals surface area contributed by atoms with Gasteiger partial charge >= 0.3 is 0 Å². The van der Waals surface area contributed by atoms with Gasteiger partial charge in [0.2, 0.25) is 0 Å². The van der Waals surface area contributed by atoms with Gasteiger partial charge in [-0.1, -0.05) is 18.2 Å². The third-order valence-corrected chi connectivity index (χ3v) is 3.90. The van der Waals surface area contributed by atoms with Gasteiger partial charge in [-0.25, -0.2) is 0 Å². The third kappa shape index (κ3) is 4.47. The summed E-state index contributed by atoms with van der Waals surface area (Å²) in [6, 6.07) is 6.24. The first-order valence-electron chi connectivity index (χ1n) is 8.50. The summed E-state index contributed by atoms with van der Waals surface area (Å²) in [6.07, 6.45) is 3.95. The van der Waals surface area contributed by atoms with Crippen LogP contribution in [-0.2, 0) is 13.0 Å². The lowest BCUT2D eigenvalue weighted by molar-refractivity contribution is 0.287. The predicted molar refractivity (Wildman–Crippen MR) is 91.2 cm³/mol. The van der Waals surface area contributed by atoms with Crippen molar-refractivity contribution in [2.24, 2.45) is 0 Å². The largest absolute Gasteiger partial charge is 0.490 e. The summed E-state index contributed by atoms with van der Waals surface area (Å²) in [4.78, 5) is 0. The second-order valence-electron chi connectivity index (χ2n) is 5.45. The van der Waals surface area contributed by atoms with Crippen LogP contribution < -0.4 is 9.47 Å². The standard InChI is InChI=1S/C18H27N3O2/c1-5-14(11-16-13-21(6-2)20-19-16)15-9-10-17(22-7-3)18(12-15)23-8-4/h9-10,12-14H,5-8,11H2,1-4H3. The normalized spacial score (nSPS) is 12.2. The minimum Gasteiger partial charge on any atom is -0.490 e. The molecular weight excluding hydrogens is 290 g/mol. The van der Waals surface area contributed by atoms with Crippen molar-refractivity contribution in [1.29, 1.82) is 0 Å². The SMILES string of the molecule is CCOc1ccc(C(CC)Cc2cn(CC)nn2)cc1OCC. The molecule has 0 bridgehead atoms. The molecule has 0 amide bonds. The maximum Gasteiger partial charge on any atom is 0.161 e. The minimum absolute atomic E-state index is 0.395. The Balaban J connectivity index is 2.20. The molecule has 0 fully saturated rings. The summed E-state index contributed by atoms with van der Waals surface area (Å²) in [5.74, 6) is 2.03. The molecule has 0 aliphatic carbocycles. The smallest absolute Gasteiger partial charge is 0.161 e. The average molecular weight is 317 g/mol.